The summed E-state index contributed by atoms with van der Waals surface area (Å²) in [5.41, 5.74) is 6.23. The summed E-state index contributed by atoms with van der Waals surface area (Å²) in [5, 5.41) is 0. The highest BCUT2D eigenvalue weighted by Gasteiger charge is 2.25. The van der Waals surface area contributed by atoms with E-state index in [1.165, 1.54) is 0 Å². The molecule has 14 heavy (non-hydrogen) atoms. The molecular formula is C9H14N4O. The molecule has 76 valence electrons. The summed E-state index contributed by atoms with van der Waals surface area (Å²) in [6, 6.07) is 0.127. The van der Waals surface area contributed by atoms with Crippen molar-refractivity contribution >= 4 is 5.91 Å². The molecule has 0 aromatic carbocycles. The van der Waals surface area contributed by atoms with E-state index in [2.05, 4.69) is 4.98 Å². The summed E-state index contributed by atoms with van der Waals surface area (Å²) in [7, 11) is 1.85. The van der Waals surface area contributed by atoms with Crippen LogP contribution in [0.4, 0.5) is 0 Å². The molecule has 1 fully saturated rings. The van der Waals surface area contributed by atoms with Crippen LogP contribution in [0.2, 0.25) is 0 Å². The quantitative estimate of drug-likeness (QED) is 0.661. The molecule has 5 heteroatoms. The summed E-state index contributed by atoms with van der Waals surface area (Å²) in [6.07, 6.45) is 4.24. The molecule has 1 aromatic rings. The zero-order chi connectivity index (χ0) is 10.1. The Balaban J connectivity index is 2.09. The first-order valence-corrected chi connectivity index (χ1v) is 4.69. The van der Waals surface area contributed by atoms with E-state index < -0.39 is 0 Å². The Labute approximate surface area is 82.5 Å². The highest BCUT2D eigenvalue weighted by molar-refractivity contribution is 5.92. The number of nitrogens with zero attached hydrogens (tertiary/aromatic N) is 3. The second kappa shape index (κ2) is 3.42. The molecule has 0 aliphatic carbocycles. The van der Waals surface area contributed by atoms with Crippen molar-refractivity contribution in [3.63, 3.8) is 0 Å². The van der Waals surface area contributed by atoms with E-state index in [9.17, 15) is 4.79 Å². The summed E-state index contributed by atoms with van der Waals surface area (Å²) < 4.78 is 1.77. The molecule has 0 spiro atoms. The van der Waals surface area contributed by atoms with Gasteiger partial charge < -0.3 is 15.2 Å². The molecule has 2 heterocycles. The van der Waals surface area contributed by atoms with Crippen LogP contribution in [-0.2, 0) is 7.05 Å². The van der Waals surface area contributed by atoms with Gasteiger partial charge in [0.15, 0.2) is 0 Å². The number of carbonyl (C=O) groups excluding carboxylic acids is 1. The molecule has 5 nitrogen and oxygen atoms in total. The van der Waals surface area contributed by atoms with Gasteiger partial charge in [-0.1, -0.05) is 0 Å². The van der Waals surface area contributed by atoms with Crippen molar-refractivity contribution in [2.75, 3.05) is 13.1 Å². The summed E-state index contributed by atoms with van der Waals surface area (Å²) >= 11 is 0. The lowest BCUT2D eigenvalue weighted by atomic mass is 10.3. The van der Waals surface area contributed by atoms with Gasteiger partial charge in [0.05, 0.1) is 6.33 Å². The van der Waals surface area contributed by atoms with E-state index in [1.54, 1.807) is 22.0 Å². The lowest BCUT2D eigenvalue weighted by Gasteiger charge is -2.13. The molecule has 0 radical (unpaired) electrons. The minimum atomic E-state index is -0.0152. The molecule has 0 saturated carbocycles. The maximum Gasteiger partial charge on any atom is 0.274 e. The fourth-order valence-electron chi connectivity index (χ4n) is 1.66. The van der Waals surface area contributed by atoms with Gasteiger partial charge in [-0.05, 0) is 6.42 Å². The highest BCUT2D eigenvalue weighted by atomic mass is 16.2. The van der Waals surface area contributed by atoms with Crippen LogP contribution in [0.15, 0.2) is 12.5 Å². The molecule has 1 aliphatic heterocycles. The van der Waals surface area contributed by atoms with E-state index in [1.807, 2.05) is 7.05 Å². The van der Waals surface area contributed by atoms with E-state index in [-0.39, 0.29) is 11.9 Å². The first-order valence-electron chi connectivity index (χ1n) is 4.69. The van der Waals surface area contributed by atoms with Gasteiger partial charge in [0.25, 0.3) is 5.91 Å². The normalized spacial score (nSPS) is 21.6. The Bertz CT molecular complexity index is 346. The fraction of sp³-hybridized carbons (Fsp3) is 0.556. The minimum absolute atomic E-state index is 0.0152. The predicted molar refractivity (Wildman–Crippen MR) is 51.7 cm³/mol. The Kier molecular flexibility index (Phi) is 2.25. The maximum absolute atomic E-state index is 11.8. The van der Waals surface area contributed by atoms with E-state index >= 15 is 0 Å². The fourth-order valence-corrected chi connectivity index (χ4v) is 1.66. The first-order chi connectivity index (χ1) is 6.66. The molecular weight excluding hydrogens is 180 g/mol. The molecule has 1 aromatic heterocycles. The summed E-state index contributed by atoms with van der Waals surface area (Å²) in [6.45, 7) is 1.39. The standard InChI is InChI=1S/C9H14N4O/c1-12-5-8(11-6-12)9(14)13-3-2-7(10)4-13/h5-7H,2-4,10H2,1H3. The van der Waals surface area contributed by atoms with Crippen LogP contribution in [0.3, 0.4) is 0 Å². The molecule has 1 atom stereocenters. The largest absolute Gasteiger partial charge is 0.340 e. The number of imidazole rings is 1. The average Bonchev–Trinajstić information content (AvgIpc) is 2.73. The van der Waals surface area contributed by atoms with Crippen LogP contribution >= 0.6 is 0 Å². The van der Waals surface area contributed by atoms with Crippen LogP contribution in [-0.4, -0.2) is 39.5 Å². The van der Waals surface area contributed by atoms with Crippen molar-refractivity contribution in [3.05, 3.63) is 18.2 Å². The van der Waals surface area contributed by atoms with Crippen LogP contribution in [0.5, 0.6) is 0 Å². The Morgan fingerprint density at radius 1 is 1.71 bits per heavy atom. The van der Waals surface area contributed by atoms with Gasteiger partial charge in [-0.15, -0.1) is 0 Å². The zero-order valence-electron chi connectivity index (χ0n) is 8.18. The monoisotopic (exact) mass is 194 g/mol. The Morgan fingerprint density at radius 3 is 3.00 bits per heavy atom. The number of hydrogen-bond acceptors (Lipinski definition) is 3. The molecule has 1 amide bonds. The third kappa shape index (κ3) is 1.63. The topological polar surface area (TPSA) is 64.2 Å². The number of likely N-dealkylation sites (tertiary alicyclic amines) is 1. The van der Waals surface area contributed by atoms with Crippen molar-refractivity contribution in [3.8, 4) is 0 Å². The van der Waals surface area contributed by atoms with Crippen LogP contribution in [0, 0.1) is 0 Å². The minimum Gasteiger partial charge on any atom is -0.340 e. The number of carbonyl (C=O) groups is 1. The third-order valence-corrected chi connectivity index (χ3v) is 2.44. The van der Waals surface area contributed by atoms with Gasteiger partial charge in [-0.3, -0.25) is 4.79 Å². The van der Waals surface area contributed by atoms with E-state index in [0.717, 1.165) is 13.0 Å². The molecule has 0 bridgehead atoms. The third-order valence-electron chi connectivity index (χ3n) is 2.44. The lowest BCUT2D eigenvalue weighted by molar-refractivity contribution is 0.0785. The first kappa shape index (κ1) is 9.21. The van der Waals surface area contributed by atoms with Gasteiger partial charge in [0.1, 0.15) is 5.69 Å². The summed E-state index contributed by atoms with van der Waals surface area (Å²) in [4.78, 5) is 17.6. The maximum atomic E-state index is 11.8. The van der Waals surface area contributed by atoms with Crippen molar-refractivity contribution in [2.24, 2.45) is 12.8 Å². The Morgan fingerprint density at radius 2 is 2.50 bits per heavy atom. The highest BCUT2D eigenvalue weighted by Crippen LogP contribution is 2.10. The SMILES string of the molecule is Cn1cnc(C(=O)N2CCC(N)C2)c1. The van der Waals surface area contributed by atoms with Gasteiger partial charge in [0.2, 0.25) is 0 Å². The second-order valence-corrected chi connectivity index (χ2v) is 3.72. The molecule has 1 aliphatic rings. The van der Waals surface area contributed by atoms with Crippen molar-refractivity contribution in [1.82, 2.24) is 14.5 Å². The van der Waals surface area contributed by atoms with Gasteiger partial charge in [0, 0.05) is 32.4 Å². The molecule has 1 saturated heterocycles. The number of rotatable bonds is 1. The van der Waals surface area contributed by atoms with E-state index in [4.69, 9.17) is 5.73 Å². The summed E-state index contributed by atoms with van der Waals surface area (Å²) in [5.74, 6) is -0.0152. The van der Waals surface area contributed by atoms with Gasteiger partial charge >= 0.3 is 0 Å². The smallest absolute Gasteiger partial charge is 0.274 e. The molecule has 1 unspecified atom stereocenters. The van der Waals surface area contributed by atoms with Crippen molar-refractivity contribution < 1.29 is 4.79 Å². The lowest BCUT2D eigenvalue weighted by Crippen LogP contribution is -2.32. The number of amides is 1. The van der Waals surface area contributed by atoms with Crippen molar-refractivity contribution in [2.45, 2.75) is 12.5 Å². The van der Waals surface area contributed by atoms with Crippen LogP contribution in [0.25, 0.3) is 0 Å². The van der Waals surface area contributed by atoms with Gasteiger partial charge in [-0.2, -0.15) is 0 Å². The van der Waals surface area contributed by atoms with Gasteiger partial charge in [-0.25, -0.2) is 4.98 Å². The number of hydrogen-bond donors (Lipinski definition) is 1. The van der Waals surface area contributed by atoms with Crippen LogP contribution in [0.1, 0.15) is 16.9 Å². The zero-order valence-corrected chi connectivity index (χ0v) is 8.18. The number of aromatic nitrogens is 2. The molecule has 2 rings (SSSR count). The molecule has 2 N–H and O–H groups in total. The second-order valence-electron chi connectivity index (χ2n) is 3.72. The Hall–Kier alpha value is -1.36. The van der Waals surface area contributed by atoms with Crippen molar-refractivity contribution in [1.29, 1.82) is 0 Å². The average molecular weight is 194 g/mol. The number of nitrogens with two attached hydrogens (primary N) is 1. The van der Waals surface area contributed by atoms with Crippen LogP contribution < -0.4 is 5.73 Å². The predicted octanol–water partition coefficient (Wildman–Crippen LogP) is -0.407. The number of aryl methyl sites for hydroxylation is 1. The van der Waals surface area contributed by atoms with E-state index in [0.29, 0.717) is 12.2 Å².